The maximum Gasteiger partial charge on any atom is 0.346 e. The Bertz CT molecular complexity index is 1250. The van der Waals surface area contributed by atoms with Gasteiger partial charge in [0.1, 0.15) is 11.6 Å². The van der Waals surface area contributed by atoms with Gasteiger partial charge in [-0.1, -0.05) is 42.3 Å². The van der Waals surface area contributed by atoms with Crippen molar-refractivity contribution >= 4 is 34.2 Å². The second-order valence-corrected chi connectivity index (χ2v) is 8.30. The smallest absolute Gasteiger partial charge is 0.346 e. The van der Waals surface area contributed by atoms with Crippen LogP contribution in [0.15, 0.2) is 60.2 Å². The van der Waals surface area contributed by atoms with Gasteiger partial charge in [-0.15, -0.1) is 0 Å². The third-order valence-corrected chi connectivity index (χ3v) is 6.44. The standard InChI is InChI=1S/C26H22N2O2/c1-16-5-10-25-23(11-16)22-3-2-4-24(22)28(25)21-9-8-18-7-6-17(12-19(18)14-21)13-20(15-27)26(29)30/h5-14,22,24H,2-4H2,1H3,(H,29,30)/b20-13+. The zero-order valence-electron chi connectivity index (χ0n) is 16.8. The Labute approximate surface area is 175 Å². The Morgan fingerprint density at radius 1 is 1.10 bits per heavy atom. The van der Waals surface area contributed by atoms with Crippen molar-refractivity contribution in [1.82, 2.24) is 0 Å². The molecule has 148 valence electrons. The summed E-state index contributed by atoms with van der Waals surface area (Å²) in [4.78, 5) is 13.7. The normalized spacial score (nSPS) is 20.1. The summed E-state index contributed by atoms with van der Waals surface area (Å²) in [5.74, 6) is -0.610. The predicted octanol–water partition coefficient (Wildman–Crippen LogP) is 5.93. The fraction of sp³-hybridized carbons (Fsp3) is 0.231. The Balaban J connectivity index is 1.60. The molecule has 0 saturated heterocycles. The number of aryl methyl sites for hydroxylation is 1. The largest absolute Gasteiger partial charge is 0.477 e. The lowest BCUT2D eigenvalue weighted by molar-refractivity contribution is -0.132. The van der Waals surface area contributed by atoms with Crippen LogP contribution in [0, 0.1) is 18.3 Å². The Morgan fingerprint density at radius 2 is 1.93 bits per heavy atom. The van der Waals surface area contributed by atoms with Crippen molar-refractivity contribution in [2.75, 3.05) is 4.90 Å². The molecule has 30 heavy (non-hydrogen) atoms. The van der Waals surface area contributed by atoms with E-state index < -0.39 is 5.97 Å². The maximum absolute atomic E-state index is 11.2. The summed E-state index contributed by atoms with van der Waals surface area (Å²) in [5, 5.41) is 20.3. The first-order chi connectivity index (χ1) is 14.5. The zero-order valence-corrected chi connectivity index (χ0v) is 16.8. The molecule has 1 N–H and O–H groups in total. The van der Waals surface area contributed by atoms with Crippen LogP contribution in [-0.2, 0) is 4.79 Å². The topological polar surface area (TPSA) is 64.3 Å². The molecule has 0 bridgehead atoms. The average molecular weight is 394 g/mol. The van der Waals surface area contributed by atoms with Crippen LogP contribution in [0.1, 0.15) is 41.9 Å². The van der Waals surface area contributed by atoms with Crippen LogP contribution < -0.4 is 4.90 Å². The Morgan fingerprint density at radius 3 is 2.73 bits per heavy atom. The van der Waals surface area contributed by atoms with Crippen molar-refractivity contribution in [3.63, 3.8) is 0 Å². The van der Waals surface area contributed by atoms with Crippen LogP contribution in [0.3, 0.4) is 0 Å². The van der Waals surface area contributed by atoms with E-state index in [1.165, 1.54) is 47.8 Å². The summed E-state index contributed by atoms with van der Waals surface area (Å²) >= 11 is 0. The van der Waals surface area contributed by atoms with Gasteiger partial charge in [0.05, 0.1) is 0 Å². The number of carbonyl (C=O) groups is 1. The number of nitrogens with zero attached hydrogens (tertiary/aromatic N) is 2. The molecule has 2 atom stereocenters. The van der Waals surface area contributed by atoms with Crippen molar-refractivity contribution in [1.29, 1.82) is 5.26 Å². The fourth-order valence-corrected chi connectivity index (χ4v) is 5.11. The number of aliphatic carboxylic acids is 1. The summed E-state index contributed by atoms with van der Waals surface area (Å²) in [7, 11) is 0. The van der Waals surface area contributed by atoms with Gasteiger partial charge in [-0.05, 0) is 72.0 Å². The van der Waals surface area contributed by atoms with Crippen molar-refractivity contribution in [3.05, 3.63) is 76.9 Å². The summed E-state index contributed by atoms with van der Waals surface area (Å²) in [6, 6.07) is 21.3. The number of benzene rings is 3. The minimum absolute atomic E-state index is 0.261. The maximum atomic E-state index is 11.2. The van der Waals surface area contributed by atoms with E-state index in [0.717, 1.165) is 16.3 Å². The molecule has 0 spiro atoms. The third-order valence-electron chi connectivity index (χ3n) is 6.44. The van der Waals surface area contributed by atoms with Gasteiger partial charge in [0.2, 0.25) is 0 Å². The second kappa shape index (κ2) is 7.03. The lowest BCUT2D eigenvalue weighted by atomic mass is 9.96. The molecule has 1 saturated carbocycles. The van der Waals surface area contributed by atoms with E-state index in [1.807, 2.05) is 18.2 Å². The van der Waals surface area contributed by atoms with Crippen LogP contribution in [0.2, 0.25) is 0 Å². The fourth-order valence-electron chi connectivity index (χ4n) is 5.11. The van der Waals surface area contributed by atoms with Crippen molar-refractivity contribution in [3.8, 4) is 6.07 Å². The van der Waals surface area contributed by atoms with Gasteiger partial charge in [-0.3, -0.25) is 0 Å². The molecule has 4 heteroatoms. The lowest BCUT2D eigenvalue weighted by Crippen LogP contribution is -2.26. The molecule has 1 aliphatic carbocycles. The minimum atomic E-state index is -1.21. The van der Waals surface area contributed by atoms with Crippen LogP contribution in [0.5, 0.6) is 0 Å². The van der Waals surface area contributed by atoms with Crippen molar-refractivity contribution in [2.45, 2.75) is 38.1 Å². The van der Waals surface area contributed by atoms with Crippen LogP contribution in [-0.4, -0.2) is 17.1 Å². The molecule has 2 aliphatic rings. The molecular formula is C26H22N2O2. The van der Waals surface area contributed by atoms with Crippen molar-refractivity contribution in [2.24, 2.45) is 0 Å². The summed E-state index contributed by atoms with van der Waals surface area (Å²) in [6.45, 7) is 2.16. The van der Waals surface area contributed by atoms with Crippen LogP contribution >= 0.6 is 0 Å². The van der Waals surface area contributed by atoms with E-state index in [-0.39, 0.29) is 5.57 Å². The lowest BCUT2D eigenvalue weighted by Gasteiger charge is -2.27. The number of hydrogen-bond donors (Lipinski definition) is 1. The number of nitriles is 1. The highest BCUT2D eigenvalue weighted by molar-refractivity contribution is 5.97. The molecule has 3 aromatic carbocycles. The van der Waals surface area contributed by atoms with Gasteiger partial charge in [0.15, 0.2) is 0 Å². The van der Waals surface area contributed by atoms with Gasteiger partial charge >= 0.3 is 5.97 Å². The second-order valence-electron chi connectivity index (χ2n) is 8.30. The van der Waals surface area contributed by atoms with Crippen LogP contribution in [0.4, 0.5) is 11.4 Å². The zero-order chi connectivity index (χ0) is 20.8. The molecule has 3 aromatic rings. The molecule has 0 amide bonds. The molecule has 1 aliphatic heterocycles. The number of rotatable bonds is 3. The number of hydrogen-bond acceptors (Lipinski definition) is 3. The van der Waals surface area contributed by atoms with E-state index in [2.05, 4.69) is 48.2 Å². The molecule has 0 aromatic heterocycles. The molecule has 1 fully saturated rings. The molecule has 4 nitrogen and oxygen atoms in total. The van der Waals surface area contributed by atoms with E-state index in [4.69, 9.17) is 10.4 Å². The molecule has 2 unspecified atom stereocenters. The number of carboxylic acid groups (broad SMARTS) is 1. The SMILES string of the molecule is Cc1ccc2c(c1)C1CCCC1N2c1ccc2ccc(/C=C(\C#N)C(=O)O)cc2c1. The van der Waals surface area contributed by atoms with Gasteiger partial charge in [0.25, 0.3) is 0 Å². The van der Waals surface area contributed by atoms with Gasteiger partial charge in [-0.2, -0.15) is 5.26 Å². The summed E-state index contributed by atoms with van der Waals surface area (Å²) in [6.07, 6.45) is 5.12. The number of anilines is 2. The number of carboxylic acids is 1. The number of fused-ring (bicyclic) bond motifs is 4. The highest BCUT2D eigenvalue weighted by Crippen LogP contribution is 2.52. The summed E-state index contributed by atoms with van der Waals surface area (Å²) < 4.78 is 0. The quantitative estimate of drug-likeness (QED) is 0.442. The Hall–Kier alpha value is -3.58. The molecule has 1 heterocycles. The first kappa shape index (κ1) is 18.4. The predicted molar refractivity (Wildman–Crippen MR) is 119 cm³/mol. The third kappa shape index (κ3) is 2.95. The molecular weight excluding hydrogens is 372 g/mol. The van der Waals surface area contributed by atoms with Gasteiger partial charge < -0.3 is 10.0 Å². The van der Waals surface area contributed by atoms with E-state index in [0.29, 0.717) is 12.0 Å². The highest BCUT2D eigenvalue weighted by Gasteiger charge is 2.41. The first-order valence-electron chi connectivity index (χ1n) is 10.3. The van der Waals surface area contributed by atoms with Gasteiger partial charge in [-0.25, -0.2) is 4.79 Å². The van der Waals surface area contributed by atoms with E-state index in [1.54, 1.807) is 6.07 Å². The molecule has 0 radical (unpaired) electrons. The molecule has 5 rings (SSSR count). The van der Waals surface area contributed by atoms with E-state index in [9.17, 15) is 4.79 Å². The minimum Gasteiger partial charge on any atom is -0.477 e. The summed E-state index contributed by atoms with van der Waals surface area (Å²) in [5.41, 5.74) is 5.71. The van der Waals surface area contributed by atoms with Gasteiger partial charge in [0, 0.05) is 23.3 Å². The Kier molecular flexibility index (Phi) is 4.33. The van der Waals surface area contributed by atoms with Crippen LogP contribution in [0.25, 0.3) is 16.8 Å². The monoisotopic (exact) mass is 394 g/mol. The van der Waals surface area contributed by atoms with Crippen molar-refractivity contribution < 1.29 is 9.90 Å². The van der Waals surface area contributed by atoms with E-state index >= 15 is 0 Å². The first-order valence-corrected chi connectivity index (χ1v) is 10.3. The average Bonchev–Trinajstić information content (AvgIpc) is 3.32. The highest BCUT2D eigenvalue weighted by atomic mass is 16.4.